The molecule has 0 amide bonds. The number of hydrogen-bond donors (Lipinski definition) is 0. The summed E-state index contributed by atoms with van der Waals surface area (Å²) in [5.41, 5.74) is 1.57. The third-order valence-electron chi connectivity index (χ3n) is 4.79. The van der Waals surface area contributed by atoms with Gasteiger partial charge in [0.05, 0.1) is 26.2 Å². The van der Waals surface area contributed by atoms with Gasteiger partial charge < -0.3 is 9.47 Å². The molecule has 0 N–H and O–H groups in total. The number of methoxy groups -OCH3 is 2. The van der Waals surface area contributed by atoms with E-state index in [0.29, 0.717) is 17.9 Å². The lowest BCUT2D eigenvalue weighted by Crippen LogP contribution is -2.46. The molecule has 0 bridgehead atoms. The number of carbonyl (C=O) groups is 2. The van der Waals surface area contributed by atoms with Crippen molar-refractivity contribution in [2.45, 2.75) is 38.6 Å². The van der Waals surface area contributed by atoms with Crippen LogP contribution in [-0.4, -0.2) is 37.9 Å². The Labute approximate surface area is 153 Å². The van der Waals surface area contributed by atoms with E-state index in [1.807, 2.05) is 26.0 Å². The molecule has 136 valence electrons. The molecular formula is C19H24ClNO4. The van der Waals surface area contributed by atoms with Gasteiger partial charge >= 0.3 is 11.9 Å². The minimum atomic E-state index is -0.625. The smallest absolute Gasteiger partial charge is 0.315 e. The van der Waals surface area contributed by atoms with Crippen LogP contribution in [0.25, 0.3) is 0 Å². The zero-order valence-corrected chi connectivity index (χ0v) is 15.7. The minimum absolute atomic E-state index is 0.243. The summed E-state index contributed by atoms with van der Waals surface area (Å²) in [6, 6.07) is 7.02. The van der Waals surface area contributed by atoms with Gasteiger partial charge in [0.15, 0.2) is 0 Å². The van der Waals surface area contributed by atoms with E-state index in [4.69, 9.17) is 26.1 Å². The molecule has 0 aromatic heterocycles. The first kappa shape index (κ1) is 19.4. The quantitative estimate of drug-likeness (QED) is 0.747. The Bertz CT molecular complexity index is 673. The van der Waals surface area contributed by atoms with Gasteiger partial charge in [0, 0.05) is 16.7 Å². The molecule has 0 saturated heterocycles. The Hall–Kier alpha value is -1.88. The lowest BCUT2D eigenvalue weighted by Gasteiger charge is -2.39. The molecule has 1 aromatic carbocycles. The zero-order chi connectivity index (χ0) is 18.6. The Kier molecular flexibility index (Phi) is 6.59. The lowest BCUT2D eigenvalue weighted by atomic mass is 9.68. The first-order chi connectivity index (χ1) is 12.0. The summed E-state index contributed by atoms with van der Waals surface area (Å²) in [5.74, 6) is -2.37. The van der Waals surface area contributed by atoms with E-state index >= 15 is 0 Å². The van der Waals surface area contributed by atoms with E-state index in [1.54, 1.807) is 12.1 Å². The predicted molar refractivity (Wildman–Crippen MR) is 97.0 cm³/mol. The molecule has 2 rings (SSSR count). The lowest BCUT2D eigenvalue weighted by molar-refractivity contribution is -0.150. The molecule has 4 unspecified atom stereocenters. The molecular weight excluding hydrogens is 342 g/mol. The number of aliphatic imine (C=N–C) groups is 1. The number of rotatable bonds is 5. The van der Waals surface area contributed by atoms with Crippen molar-refractivity contribution in [1.29, 1.82) is 0 Å². The fraction of sp³-hybridized carbons (Fsp3) is 0.526. The average Bonchev–Trinajstić information content (AvgIpc) is 2.64. The van der Waals surface area contributed by atoms with Crippen LogP contribution in [0.5, 0.6) is 0 Å². The third kappa shape index (κ3) is 3.87. The molecule has 0 fully saturated rings. The van der Waals surface area contributed by atoms with Gasteiger partial charge in [-0.25, -0.2) is 0 Å². The van der Waals surface area contributed by atoms with E-state index in [9.17, 15) is 9.59 Å². The molecule has 0 radical (unpaired) electrons. The van der Waals surface area contributed by atoms with Gasteiger partial charge in [-0.2, -0.15) is 0 Å². The Balaban J connectivity index is 2.67. The van der Waals surface area contributed by atoms with Crippen molar-refractivity contribution in [2.75, 3.05) is 14.2 Å². The number of ether oxygens (including phenoxy) is 2. The molecule has 0 aliphatic carbocycles. The maximum Gasteiger partial charge on any atom is 0.315 e. The fourth-order valence-electron chi connectivity index (χ4n) is 3.65. The van der Waals surface area contributed by atoms with Crippen LogP contribution in [0.4, 0.5) is 0 Å². The predicted octanol–water partition coefficient (Wildman–Crippen LogP) is 3.65. The topological polar surface area (TPSA) is 65.0 Å². The number of benzene rings is 1. The van der Waals surface area contributed by atoms with Crippen molar-refractivity contribution in [3.63, 3.8) is 0 Å². The second kappa shape index (κ2) is 8.48. The summed E-state index contributed by atoms with van der Waals surface area (Å²) in [6.45, 7) is 3.93. The van der Waals surface area contributed by atoms with Gasteiger partial charge in [0.25, 0.3) is 0 Å². The van der Waals surface area contributed by atoms with E-state index in [1.165, 1.54) is 14.2 Å². The van der Waals surface area contributed by atoms with Gasteiger partial charge in [-0.1, -0.05) is 37.6 Å². The van der Waals surface area contributed by atoms with Crippen LogP contribution < -0.4 is 0 Å². The molecule has 25 heavy (non-hydrogen) atoms. The van der Waals surface area contributed by atoms with Crippen LogP contribution in [0.3, 0.4) is 0 Å². The van der Waals surface area contributed by atoms with Crippen molar-refractivity contribution >= 4 is 29.3 Å². The van der Waals surface area contributed by atoms with Crippen molar-refractivity contribution in [3.8, 4) is 0 Å². The van der Waals surface area contributed by atoms with Crippen molar-refractivity contribution in [2.24, 2.45) is 16.8 Å². The third-order valence-corrected chi connectivity index (χ3v) is 5.03. The molecule has 5 nitrogen and oxygen atoms in total. The second-order valence-electron chi connectivity index (χ2n) is 6.08. The summed E-state index contributed by atoms with van der Waals surface area (Å²) in [7, 11) is 2.71. The summed E-state index contributed by atoms with van der Waals surface area (Å²) < 4.78 is 10.1. The van der Waals surface area contributed by atoms with Crippen LogP contribution in [0, 0.1) is 11.8 Å². The molecule has 6 heteroatoms. The standard InChI is InChI=1S/C19H24ClNO4/c1-5-13-16(18(22)24-3)15(11-8-7-9-12(20)10-11)17(19(23)25-4)14(6-2)21-13/h7-10,13,15-17H,5-6H2,1-4H3. The average molecular weight is 366 g/mol. The number of nitrogens with zero attached hydrogens (tertiary/aromatic N) is 1. The molecule has 1 aliphatic heterocycles. The molecule has 0 saturated carbocycles. The highest BCUT2D eigenvalue weighted by Gasteiger charge is 2.48. The largest absolute Gasteiger partial charge is 0.469 e. The van der Waals surface area contributed by atoms with Crippen LogP contribution in [0.1, 0.15) is 38.2 Å². The second-order valence-corrected chi connectivity index (χ2v) is 6.52. The highest BCUT2D eigenvalue weighted by molar-refractivity contribution is 6.30. The first-order valence-corrected chi connectivity index (χ1v) is 8.83. The van der Waals surface area contributed by atoms with E-state index in [2.05, 4.69) is 0 Å². The Morgan fingerprint density at radius 1 is 1.16 bits per heavy atom. The Morgan fingerprint density at radius 3 is 2.36 bits per heavy atom. The summed E-state index contributed by atoms with van der Waals surface area (Å²) in [5, 5.41) is 0.554. The first-order valence-electron chi connectivity index (χ1n) is 8.46. The highest BCUT2D eigenvalue weighted by Crippen LogP contribution is 2.43. The van der Waals surface area contributed by atoms with Crippen LogP contribution in [0.2, 0.25) is 5.02 Å². The summed E-state index contributed by atoms with van der Waals surface area (Å²) in [6.07, 6.45) is 1.29. The monoisotopic (exact) mass is 365 g/mol. The molecule has 1 aromatic rings. The van der Waals surface area contributed by atoms with Gasteiger partial charge in [-0.15, -0.1) is 0 Å². The van der Waals surface area contributed by atoms with Gasteiger partial charge in [-0.3, -0.25) is 14.6 Å². The van der Waals surface area contributed by atoms with Gasteiger partial charge in [-0.05, 0) is 30.5 Å². The van der Waals surface area contributed by atoms with E-state index < -0.39 is 23.7 Å². The van der Waals surface area contributed by atoms with Crippen molar-refractivity contribution < 1.29 is 19.1 Å². The normalized spacial score (nSPS) is 25.9. The maximum absolute atomic E-state index is 12.6. The SMILES string of the molecule is CCC1=NC(CC)C(C(=O)OC)C(c2cccc(Cl)c2)C1C(=O)OC. The maximum atomic E-state index is 12.6. The molecule has 1 aliphatic rings. The number of hydrogen-bond acceptors (Lipinski definition) is 5. The van der Waals surface area contributed by atoms with Crippen molar-refractivity contribution in [3.05, 3.63) is 34.9 Å². The Morgan fingerprint density at radius 2 is 1.84 bits per heavy atom. The summed E-state index contributed by atoms with van der Waals surface area (Å²) >= 11 is 6.16. The van der Waals surface area contributed by atoms with Crippen LogP contribution in [-0.2, 0) is 19.1 Å². The van der Waals surface area contributed by atoms with Crippen LogP contribution in [0.15, 0.2) is 29.3 Å². The van der Waals surface area contributed by atoms with Gasteiger partial charge in [0.1, 0.15) is 5.92 Å². The number of halogens is 1. The van der Waals surface area contributed by atoms with Crippen molar-refractivity contribution in [1.82, 2.24) is 0 Å². The van der Waals surface area contributed by atoms with Gasteiger partial charge in [0.2, 0.25) is 0 Å². The fourth-order valence-corrected chi connectivity index (χ4v) is 3.85. The molecule has 0 spiro atoms. The molecule has 1 heterocycles. The van der Waals surface area contributed by atoms with E-state index in [-0.39, 0.29) is 12.0 Å². The van der Waals surface area contributed by atoms with E-state index in [0.717, 1.165) is 11.3 Å². The molecule has 4 atom stereocenters. The number of esters is 2. The number of carbonyl (C=O) groups excluding carboxylic acids is 2. The summed E-state index contributed by atoms with van der Waals surface area (Å²) in [4.78, 5) is 29.8. The minimum Gasteiger partial charge on any atom is -0.469 e. The zero-order valence-electron chi connectivity index (χ0n) is 15.0. The highest BCUT2D eigenvalue weighted by atomic mass is 35.5. The van der Waals surface area contributed by atoms with Crippen LogP contribution >= 0.6 is 11.6 Å².